The first-order valence-electron chi connectivity index (χ1n) is 7.04. The van der Waals surface area contributed by atoms with Crippen molar-refractivity contribution in [3.05, 3.63) is 71.3 Å². The Labute approximate surface area is 125 Å². The number of hydrogen-bond acceptors (Lipinski definition) is 2. The molecule has 2 aromatic rings. The highest BCUT2D eigenvalue weighted by Crippen LogP contribution is 2.07. The summed E-state index contributed by atoms with van der Waals surface area (Å²) in [5, 5.41) is 11.8. The number of rotatable bonds is 5. The van der Waals surface area contributed by atoms with E-state index in [1.54, 1.807) is 24.3 Å². The average Bonchev–Trinajstić information content (AvgIpc) is 2.54. The summed E-state index contributed by atoms with van der Waals surface area (Å²) in [6.45, 7) is 2.00. The molecule has 3 heteroatoms. The molecule has 106 valence electrons. The molecule has 3 nitrogen and oxygen atoms in total. The highest BCUT2D eigenvalue weighted by Gasteiger charge is 2.10. The van der Waals surface area contributed by atoms with Crippen LogP contribution in [0.4, 0.5) is 0 Å². The number of nitrogens with one attached hydrogen (secondary N) is 1. The van der Waals surface area contributed by atoms with Gasteiger partial charge in [0.2, 0.25) is 0 Å². The van der Waals surface area contributed by atoms with E-state index >= 15 is 0 Å². The maximum Gasteiger partial charge on any atom is 0.251 e. The van der Waals surface area contributed by atoms with Crippen LogP contribution in [0.2, 0.25) is 0 Å². The summed E-state index contributed by atoms with van der Waals surface area (Å²) < 4.78 is 0. The van der Waals surface area contributed by atoms with E-state index in [1.807, 2.05) is 31.2 Å². The maximum atomic E-state index is 12.1. The summed E-state index contributed by atoms with van der Waals surface area (Å²) >= 11 is 0. The molecule has 0 unspecified atom stereocenters. The van der Waals surface area contributed by atoms with Gasteiger partial charge in [0, 0.05) is 11.6 Å². The Morgan fingerprint density at radius 3 is 2.67 bits per heavy atom. The van der Waals surface area contributed by atoms with Crippen LogP contribution in [-0.4, -0.2) is 11.9 Å². The van der Waals surface area contributed by atoms with Crippen molar-refractivity contribution in [3.63, 3.8) is 0 Å². The minimum Gasteiger partial charge on any atom is -0.350 e. The van der Waals surface area contributed by atoms with Gasteiger partial charge in [0.05, 0.1) is 11.6 Å². The Balaban J connectivity index is 1.88. The molecule has 0 heterocycles. The van der Waals surface area contributed by atoms with E-state index < -0.39 is 0 Å². The van der Waals surface area contributed by atoms with Crippen LogP contribution in [0.5, 0.6) is 0 Å². The average molecular weight is 278 g/mol. The topological polar surface area (TPSA) is 52.9 Å². The van der Waals surface area contributed by atoms with Crippen molar-refractivity contribution in [2.24, 2.45) is 0 Å². The highest BCUT2D eigenvalue weighted by molar-refractivity contribution is 5.94. The minimum absolute atomic E-state index is 0.0865. The van der Waals surface area contributed by atoms with E-state index in [0.717, 1.165) is 12.8 Å². The molecule has 0 aliphatic rings. The van der Waals surface area contributed by atoms with Crippen LogP contribution in [0.3, 0.4) is 0 Å². The number of benzene rings is 2. The number of aryl methyl sites for hydroxylation is 1. The van der Waals surface area contributed by atoms with Crippen molar-refractivity contribution >= 4 is 5.91 Å². The SMILES string of the molecule is C[C@@H](CCc1ccccc1)NC(=O)c1cccc(C#N)c1. The van der Waals surface area contributed by atoms with Crippen molar-refractivity contribution in [2.45, 2.75) is 25.8 Å². The lowest BCUT2D eigenvalue weighted by molar-refractivity contribution is 0.0938. The van der Waals surface area contributed by atoms with E-state index in [-0.39, 0.29) is 11.9 Å². The molecule has 0 aliphatic heterocycles. The van der Waals surface area contributed by atoms with E-state index in [1.165, 1.54) is 5.56 Å². The molecular formula is C18H18N2O. The van der Waals surface area contributed by atoms with Crippen molar-refractivity contribution in [2.75, 3.05) is 0 Å². The first-order valence-corrected chi connectivity index (χ1v) is 7.04. The lowest BCUT2D eigenvalue weighted by atomic mass is 10.1. The lowest BCUT2D eigenvalue weighted by Gasteiger charge is -2.14. The summed E-state index contributed by atoms with van der Waals surface area (Å²) in [5.74, 6) is -0.132. The molecule has 0 saturated heterocycles. The Hall–Kier alpha value is -2.60. The van der Waals surface area contributed by atoms with Gasteiger partial charge >= 0.3 is 0 Å². The number of carbonyl (C=O) groups excluding carboxylic acids is 1. The van der Waals surface area contributed by atoms with E-state index in [9.17, 15) is 4.79 Å². The van der Waals surface area contributed by atoms with Crippen LogP contribution in [0, 0.1) is 11.3 Å². The third-order valence-electron chi connectivity index (χ3n) is 3.34. The fraction of sp³-hybridized carbons (Fsp3) is 0.222. The Bertz CT molecular complexity index is 644. The van der Waals surface area contributed by atoms with E-state index in [4.69, 9.17) is 5.26 Å². The van der Waals surface area contributed by atoms with Gasteiger partial charge in [-0.3, -0.25) is 4.79 Å². The molecule has 0 aromatic heterocycles. The van der Waals surface area contributed by atoms with Gasteiger partial charge in [-0.25, -0.2) is 0 Å². The summed E-state index contributed by atoms with van der Waals surface area (Å²) in [6.07, 6.45) is 1.81. The largest absolute Gasteiger partial charge is 0.350 e. The van der Waals surface area contributed by atoms with Gasteiger partial charge in [-0.2, -0.15) is 5.26 Å². The molecule has 2 aromatic carbocycles. The lowest BCUT2D eigenvalue weighted by Crippen LogP contribution is -2.32. The predicted molar refractivity (Wildman–Crippen MR) is 82.8 cm³/mol. The zero-order chi connectivity index (χ0) is 15.1. The molecule has 1 N–H and O–H groups in total. The smallest absolute Gasteiger partial charge is 0.251 e. The van der Waals surface area contributed by atoms with Crippen molar-refractivity contribution in [1.29, 1.82) is 5.26 Å². The van der Waals surface area contributed by atoms with Gasteiger partial charge < -0.3 is 5.32 Å². The number of carbonyl (C=O) groups is 1. The Kier molecular flexibility index (Phi) is 5.11. The second kappa shape index (κ2) is 7.25. The van der Waals surface area contributed by atoms with Crippen molar-refractivity contribution in [3.8, 4) is 6.07 Å². The van der Waals surface area contributed by atoms with Crippen LogP contribution in [0.1, 0.15) is 34.8 Å². The number of amides is 1. The molecule has 2 rings (SSSR count). The normalized spacial score (nSPS) is 11.4. The van der Waals surface area contributed by atoms with Crippen LogP contribution >= 0.6 is 0 Å². The molecule has 1 amide bonds. The number of nitriles is 1. The molecule has 21 heavy (non-hydrogen) atoms. The molecule has 0 fully saturated rings. The third-order valence-corrected chi connectivity index (χ3v) is 3.34. The predicted octanol–water partition coefficient (Wildman–Crippen LogP) is 3.31. The first kappa shape index (κ1) is 14.8. The molecule has 0 aliphatic carbocycles. The van der Waals surface area contributed by atoms with E-state index in [0.29, 0.717) is 11.1 Å². The Morgan fingerprint density at radius 2 is 1.95 bits per heavy atom. The fourth-order valence-electron chi connectivity index (χ4n) is 2.14. The molecule has 0 radical (unpaired) electrons. The number of hydrogen-bond donors (Lipinski definition) is 1. The van der Waals surface area contributed by atoms with Gasteiger partial charge in [-0.05, 0) is 43.5 Å². The molecule has 0 bridgehead atoms. The van der Waals surface area contributed by atoms with Crippen LogP contribution in [0.15, 0.2) is 54.6 Å². The molecular weight excluding hydrogens is 260 g/mol. The van der Waals surface area contributed by atoms with Crippen LogP contribution in [-0.2, 0) is 6.42 Å². The molecule has 0 spiro atoms. The summed E-state index contributed by atoms with van der Waals surface area (Å²) in [5.41, 5.74) is 2.30. The van der Waals surface area contributed by atoms with Crippen molar-refractivity contribution < 1.29 is 4.79 Å². The first-order chi connectivity index (χ1) is 10.2. The van der Waals surface area contributed by atoms with Gasteiger partial charge in [0.25, 0.3) is 5.91 Å². The fourth-order valence-corrected chi connectivity index (χ4v) is 2.14. The van der Waals surface area contributed by atoms with Gasteiger partial charge in [0.1, 0.15) is 0 Å². The third kappa shape index (κ3) is 4.47. The van der Waals surface area contributed by atoms with Gasteiger partial charge in [0.15, 0.2) is 0 Å². The van der Waals surface area contributed by atoms with Gasteiger partial charge in [-0.1, -0.05) is 36.4 Å². The number of nitrogens with zero attached hydrogens (tertiary/aromatic N) is 1. The van der Waals surface area contributed by atoms with Gasteiger partial charge in [-0.15, -0.1) is 0 Å². The molecule has 0 saturated carbocycles. The summed E-state index contributed by atoms with van der Waals surface area (Å²) in [6, 6.07) is 19.1. The minimum atomic E-state index is -0.132. The second-order valence-electron chi connectivity index (χ2n) is 5.09. The second-order valence-corrected chi connectivity index (χ2v) is 5.09. The zero-order valence-corrected chi connectivity index (χ0v) is 12.0. The van der Waals surface area contributed by atoms with Crippen LogP contribution < -0.4 is 5.32 Å². The zero-order valence-electron chi connectivity index (χ0n) is 12.0. The summed E-state index contributed by atoms with van der Waals surface area (Å²) in [7, 11) is 0. The van der Waals surface area contributed by atoms with Crippen LogP contribution in [0.25, 0.3) is 0 Å². The monoisotopic (exact) mass is 278 g/mol. The highest BCUT2D eigenvalue weighted by atomic mass is 16.1. The van der Waals surface area contributed by atoms with E-state index in [2.05, 4.69) is 17.4 Å². The quantitative estimate of drug-likeness (QED) is 0.912. The van der Waals surface area contributed by atoms with Crippen molar-refractivity contribution in [1.82, 2.24) is 5.32 Å². The Morgan fingerprint density at radius 1 is 1.19 bits per heavy atom. The summed E-state index contributed by atoms with van der Waals surface area (Å²) in [4.78, 5) is 12.1. The molecule has 1 atom stereocenters. The maximum absolute atomic E-state index is 12.1. The standard InChI is InChI=1S/C18H18N2O/c1-14(10-11-15-6-3-2-4-7-15)20-18(21)17-9-5-8-16(12-17)13-19/h2-9,12,14H,10-11H2,1H3,(H,20,21)/t14-/m0/s1.